The standard InChI is InChI=1S/C18H17N3O3S/c1-10(16(19)22)23-11-5-7-12(8-6-11)24-17-15-13-3-2-4-14(13)25-18(15)21-9-20-17/h5-10H,2-4H2,1H3,(H2,19,22). The molecule has 4 rings (SSSR count). The summed E-state index contributed by atoms with van der Waals surface area (Å²) in [6, 6.07) is 7.05. The van der Waals surface area contributed by atoms with Gasteiger partial charge in [0.25, 0.3) is 5.91 Å². The zero-order valence-electron chi connectivity index (χ0n) is 13.7. The molecule has 1 aromatic carbocycles. The SMILES string of the molecule is CC(Oc1ccc(Oc2ncnc3sc4c(c23)CCC4)cc1)C(N)=O. The second kappa shape index (κ2) is 6.33. The van der Waals surface area contributed by atoms with E-state index in [0.717, 1.165) is 23.1 Å². The van der Waals surface area contributed by atoms with Gasteiger partial charge in [-0.25, -0.2) is 9.97 Å². The molecule has 0 saturated carbocycles. The molecule has 6 nitrogen and oxygen atoms in total. The third-order valence-electron chi connectivity index (χ3n) is 4.22. The van der Waals surface area contributed by atoms with E-state index < -0.39 is 12.0 Å². The summed E-state index contributed by atoms with van der Waals surface area (Å²) < 4.78 is 11.4. The Kier molecular flexibility index (Phi) is 4.01. The molecule has 128 valence electrons. The van der Waals surface area contributed by atoms with E-state index in [2.05, 4.69) is 9.97 Å². The number of nitrogens with zero attached hydrogens (tertiary/aromatic N) is 2. The fraction of sp³-hybridized carbons (Fsp3) is 0.278. The highest BCUT2D eigenvalue weighted by atomic mass is 32.1. The van der Waals surface area contributed by atoms with E-state index in [1.807, 2.05) is 0 Å². The zero-order valence-corrected chi connectivity index (χ0v) is 14.5. The van der Waals surface area contributed by atoms with Crippen LogP contribution in [0.2, 0.25) is 0 Å². The monoisotopic (exact) mass is 355 g/mol. The molecule has 7 heteroatoms. The molecule has 0 spiro atoms. The van der Waals surface area contributed by atoms with E-state index in [1.54, 1.807) is 42.5 Å². The summed E-state index contributed by atoms with van der Waals surface area (Å²) >= 11 is 1.73. The molecule has 0 radical (unpaired) electrons. The van der Waals surface area contributed by atoms with Crippen LogP contribution in [0.5, 0.6) is 17.4 Å². The first-order chi connectivity index (χ1) is 12.1. The number of rotatable bonds is 5. The van der Waals surface area contributed by atoms with Gasteiger partial charge in [0.15, 0.2) is 6.10 Å². The molecule has 2 N–H and O–H groups in total. The van der Waals surface area contributed by atoms with Crippen molar-refractivity contribution in [2.24, 2.45) is 5.73 Å². The predicted octanol–water partition coefficient (Wildman–Crippen LogP) is 3.22. The largest absolute Gasteiger partial charge is 0.481 e. The number of fused-ring (bicyclic) bond motifs is 3. The highest BCUT2D eigenvalue weighted by Gasteiger charge is 2.22. The van der Waals surface area contributed by atoms with Crippen molar-refractivity contribution in [2.75, 3.05) is 0 Å². The highest BCUT2D eigenvalue weighted by Crippen LogP contribution is 2.41. The average Bonchev–Trinajstić information content (AvgIpc) is 3.17. The van der Waals surface area contributed by atoms with Crippen LogP contribution in [0.4, 0.5) is 0 Å². The van der Waals surface area contributed by atoms with Gasteiger partial charge in [0, 0.05) is 4.88 Å². The van der Waals surface area contributed by atoms with Gasteiger partial charge in [0.05, 0.1) is 5.39 Å². The van der Waals surface area contributed by atoms with Crippen LogP contribution in [0.25, 0.3) is 10.2 Å². The third-order valence-corrected chi connectivity index (χ3v) is 5.42. The van der Waals surface area contributed by atoms with Crippen LogP contribution in [0, 0.1) is 0 Å². The number of hydrogen-bond donors (Lipinski definition) is 1. The lowest BCUT2D eigenvalue weighted by Gasteiger charge is -2.12. The van der Waals surface area contributed by atoms with Crippen LogP contribution >= 0.6 is 11.3 Å². The van der Waals surface area contributed by atoms with Gasteiger partial charge in [-0.05, 0) is 56.0 Å². The quantitative estimate of drug-likeness (QED) is 0.759. The minimum atomic E-state index is -0.679. The van der Waals surface area contributed by atoms with Crippen molar-refractivity contribution in [2.45, 2.75) is 32.3 Å². The Morgan fingerprint density at radius 2 is 1.96 bits per heavy atom. The Balaban J connectivity index is 1.58. The first-order valence-electron chi connectivity index (χ1n) is 8.11. The van der Waals surface area contributed by atoms with Gasteiger partial charge in [0.2, 0.25) is 5.88 Å². The molecule has 1 unspecified atom stereocenters. The van der Waals surface area contributed by atoms with E-state index in [0.29, 0.717) is 17.4 Å². The molecular formula is C18H17N3O3S. The van der Waals surface area contributed by atoms with Crippen molar-refractivity contribution in [3.63, 3.8) is 0 Å². The van der Waals surface area contributed by atoms with Gasteiger partial charge < -0.3 is 15.2 Å². The van der Waals surface area contributed by atoms with Crippen molar-refractivity contribution in [3.8, 4) is 17.4 Å². The van der Waals surface area contributed by atoms with Gasteiger partial charge >= 0.3 is 0 Å². The first-order valence-corrected chi connectivity index (χ1v) is 8.92. The molecule has 0 bridgehead atoms. The lowest BCUT2D eigenvalue weighted by Crippen LogP contribution is -2.30. The maximum Gasteiger partial charge on any atom is 0.258 e. The van der Waals surface area contributed by atoms with E-state index in [-0.39, 0.29) is 0 Å². The minimum absolute atomic E-state index is 0.505. The third kappa shape index (κ3) is 3.02. The zero-order chi connectivity index (χ0) is 17.4. The summed E-state index contributed by atoms with van der Waals surface area (Å²) in [5.74, 6) is 1.29. The molecule has 0 saturated heterocycles. The summed E-state index contributed by atoms with van der Waals surface area (Å²) in [6.07, 6.45) is 4.20. The number of carbonyl (C=O) groups excluding carboxylic acids is 1. The minimum Gasteiger partial charge on any atom is -0.481 e. The van der Waals surface area contributed by atoms with Crippen molar-refractivity contribution >= 4 is 27.5 Å². The van der Waals surface area contributed by atoms with E-state index in [4.69, 9.17) is 15.2 Å². The summed E-state index contributed by atoms with van der Waals surface area (Å²) in [7, 11) is 0. The molecular weight excluding hydrogens is 338 g/mol. The molecule has 0 aliphatic heterocycles. The summed E-state index contributed by atoms with van der Waals surface area (Å²) in [5, 5.41) is 1.03. The maximum absolute atomic E-state index is 11.1. The second-order valence-electron chi connectivity index (χ2n) is 5.95. The van der Waals surface area contributed by atoms with Gasteiger partial charge in [0.1, 0.15) is 22.7 Å². The number of carbonyl (C=O) groups is 1. The Morgan fingerprint density at radius 3 is 2.72 bits per heavy atom. The van der Waals surface area contributed by atoms with E-state index in [9.17, 15) is 4.79 Å². The van der Waals surface area contributed by atoms with Crippen LogP contribution < -0.4 is 15.2 Å². The smallest absolute Gasteiger partial charge is 0.258 e. The molecule has 1 atom stereocenters. The topological polar surface area (TPSA) is 87.3 Å². The number of nitrogens with two attached hydrogens (primary N) is 1. The summed E-state index contributed by atoms with van der Waals surface area (Å²) in [5.41, 5.74) is 6.53. The second-order valence-corrected chi connectivity index (χ2v) is 7.04. The normalized spacial score (nSPS) is 14.3. The highest BCUT2D eigenvalue weighted by molar-refractivity contribution is 7.18. The Hall–Kier alpha value is -2.67. The van der Waals surface area contributed by atoms with Crippen molar-refractivity contribution in [1.82, 2.24) is 9.97 Å². The van der Waals surface area contributed by atoms with Crippen LogP contribution in [0.1, 0.15) is 23.8 Å². The molecule has 2 aromatic heterocycles. The van der Waals surface area contributed by atoms with E-state index >= 15 is 0 Å². The van der Waals surface area contributed by atoms with E-state index in [1.165, 1.54) is 23.2 Å². The number of aryl methyl sites for hydroxylation is 2. The number of thiophene rings is 1. The van der Waals surface area contributed by atoms with Gasteiger partial charge in [-0.2, -0.15) is 0 Å². The summed E-state index contributed by atoms with van der Waals surface area (Å²) in [6.45, 7) is 1.61. The molecule has 1 aliphatic carbocycles. The first kappa shape index (κ1) is 15.8. The number of primary amides is 1. The van der Waals surface area contributed by atoms with Crippen LogP contribution in [0.3, 0.4) is 0 Å². The molecule has 2 heterocycles. The molecule has 1 amide bonds. The Morgan fingerprint density at radius 1 is 1.20 bits per heavy atom. The Bertz CT molecular complexity index is 937. The number of hydrogen-bond acceptors (Lipinski definition) is 6. The van der Waals surface area contributed by atoms with Crippen LogP contribution in [0.15, 0.2) is 30.6 Å². The van der Waals surface area contributed by atoms with Crippen molar-refractivity contribution < 1.29 is 14.3 Å². The van der Waals surface area contributed by atoms with Gasteiger partial charge in [-0.15, -0.1) is 11.3 Å². The van der Waals surface area contributed by atoms with Crippen LogP contribution in [-0.4, -0.2) is 22.0 Å². The maximum atomic E-state index is 11.1. The van der Waals surface area contributed by atoms with Crippen molar-refractivity contribution in [3.05, 3.63) is 41.0 Å². The summed E-state index contributed by atoms with van der Waals surface area (Å²) in [4.78, 5) is 22.1. The Labute approximate surface area is 148 Å². The number of ether oxygens (including phenoxy) is 2. The molecule has 25 heavy (non-hydrogen) atoms. The number of aromatic nitrogens is 2. The number of benzene rings is 1. The lowest BCUT2D eigenvalue weighted by molar-refractivity contribution is -0.123. The molecule has 3 aromatic rings. The van der Waals surface area contributed by atoms with Gasteiger partial charge in [-0.3, -0.25) is 4.79 Å². The number of amides is 1. The molecule has 0 fully saturated rings. The van der Waals surface area contributed by atoms with Gasteiger partial charge in [-0.1, -0.05) is 0 Å². The van der Waals surface area contributed by atoms with Crippen molar-refractivity contribution in [1.29, 1.82) is 0 Å². The predicted molar refractivity (Wildman–Crippen MR) is 95.2 cm³/mol. The molecule has 1 aliphatic rings. The fourth-order valence-electron chi connectivity index (χ4n) is 2.94. The van der Waals surface area contributed by atoms with Crippen LogP contribution in [-0.2, 0) is 17.6 Å². The fourth-order valence-corrected chi connectivity index (χ4v) is 4.16. The average molecular weight is 355 g/mol. The lowest BCUT2D eigenvalue weighted by atomic mass is 10.2.